The van der Waals surface area contributed by atoms with Gasteiger partial charge in [-0.3, -0.25) is 0 Å². The van der Waals surface area contributed by atoms with Gasteiger partial charge in [-0.25, -0.2) is 9.98 Å². The van der Waals surface area contributed by atoms with E-state index in [4.69, 9.17) is 14.4 Å². The summed E-state index contributed by atoms with van der Waals surface area (Å²) in [5.41, 5.74) is 14.4. The van der Waals surface area contributed by atoms with Crippen molar-refractivity contribution in [1.29, 1.82) is 0 Å². The lowest BCUT2D eigenvalue weighted by Gasteiger charge is -2.19. The minimum Gasteiger partial charge on any atom is -0.454 e. The Kier molecular flexibility index (Phi) is 9.17. The maximum atomic E-state index is 7.09. The maximum absolute atomic E-state index is 7.09. The number of aliphatic imine (C=N–C) groups is 2. The molecule has 3 heterocycles. The summed E-state index contributed by atoms with van der Waals surface area (Å²) in [6.07, 6.45) is 3.08. The number of para-hydroxylation sites is 1. The summed E-state index contributed by atoms with van der Waals surface area (Å²) in [6, 6.07) is 78.1. The number of rotatable bonds is 6. The largest absolute Gasteiger partial charge is 0.454 e. The molecule has 0 saturated carbocycles. The summed E-state index contributed by atoms with van der Waals surface area (Å²) in [5.74, 6) is 0.742. The smallest absolute Gasteiger partial charge is 0.160 e. The molecule has 13 rings (SSSR count). The second-order valence-corrected chi connectivity index (χ2v) is 17.7. The molecule has 0 saturated heterocycles. The van der Waals surface area contributed by atoms with E-state index in [0.29, 0.717) is 5.84 Å². The average Bonchev–Trinajstić information content (AvgIpc) is 3.94. The number of aromatic nitrogens is 1. The number of amidine groups is 1. The lowest BCUT2D eigenvalue weighted by atomic mass is 9.92. The maximum Gasteiger partial charge on any atom is 0.160 e. The number of fused-ring (bicyclic) bond motifs is 9. The van der Waals surface area contributed by atoms with Crippen LogP contribution >= 0.6 is 0 Å². The third-order valence-corrected chi connectivity index (χ3v) is 13.6. The Balaban J connectivity index is 1.07. The highest BCUT2D eigenvalue weighted by Gasteiger charge is 2.25. The molecule has 0 bridgehead atoms. The second kappa shape index (κ2) is 15.8. The molecule has 1 atom stereocenters. The number of benzene rings is 10. The molecule has 316 valence electrons. The number of allylic oxidation sites excluding steroid dienone is 1. The van der Waals surface area contributed by atoms with E-state index >= 15 is 0 Å². The highest BCUT2D eigenvalue weighted by Crippen LogP contribution is 2.43. The van der Waals surface area contributed by atoms with Crippen LogP contribution in [0.15, 0.2) is 239 Å². The minimum absolute atomic E-state index is 0.0958. The van der Waals surface area contributed by atoms with Crippen molar-refractivity contribution in [3.8, 4) is 27.9 Å². The first-order valence-electron chi connectivity index (χ1n) is 23.1. The van der Waals surface area contributed by atoms with E-state index < -0.39 is 0 Å². The highest BCUT2D eigenvalue weighted by molar-refractivity contribution is 6.26. The SMILES string of the molecule is CC1C/C=C(\c2cccc(-c3ccccc3)c2)N=C(c2ccc(-n3c4cc5ccccc5cc4c4c5ccccc5ccc43)c3oc4ccccc4c23)N=C1c1ccc(-c2ccccc2)cc1. The van der Waals surface area contributed by atoms with E-state index in [1.165, 1.54) is 49.0 Å². The fourth-order valence-corrected chi connectivity index (χ4v) is 10.3. The van der Waals surface area contributed by atoms with Gasteiger partial charge in [-0.15, -0.1) is 0 Å². The van der Waals surface area contributed by atoms with Crippen molar-refractivity contribution in [2.75, 3.05) is 0 Å². The normalized spacial score (nSPS) is 15.2. The molecule has 0 aliphatic carbocycles. The molecule has 2 aromatic heterocycles. The zero-order valence-corrected chi connectivity index (χ0v) is 36.9. The molecular formula is C63H43N3O. The molecular weight excluding hydrogens is 815 g/mol. The van der Waals surface area contributed by atoms with Crippen LogP contribution in [0.4, 0.5) is 0 Å². The second-order valence-electron chi connectivity index (χ2n) is 17.7. The summed E-state index contributed by atoms with van der Waals surface area (Å²) in [6.45, 7) is 2.28. The van der Waals surface area contributed by atoms with Crippen molar-refractivity contribution in [1.82, 2.24) is 4.57 Å². The van der Waals surface area contributed by atoms with E-state index in [1.54, 1.807) is 0 Å². The van der Waals surface area contributed by atoms with Crippen LogP contribution in [-0.2, 0) is 0 Å². The summed E-state index contributed by atoms with van der Waals surface area (Å²) in [5, 5.41) is 9.27. The van der Waals surface area contributed by atoms with Crippen molar-refractivity contribution in [2.45, 2.75) is 13.3 Å². The van der Waals surface area contributed by atoms with Gasteiger partial charge in [0.2, 0.25) is 0 Å². The van der Waals surface area contributed by atoms with E-state index in [1.807, 2.05) is 6.07 Å². The van der Waals surface area contributed by atoms with Crippen LogP contribution in [0.1, 0.15) is 30.0 Å². The Morgan fingerprint density at radius 2 is 1.07 bits per heavy atom. The van der Waals surface area contributed by atoms with Gasteiger partial charge < -0.3 is 8.98 Å². The van der Waals surface area contributed by atoms with Crippen LogP contribution in [0, 0.1) is 5.92 Å². The predicted molar refractivity (Wildman–Crippen MR) is 282 cm³/mol. The summed E-state index contributed by atoms with van der Waals surface area (Å²) < 4.78 is 9.50. The molecule has 0 spiro atoms. The summed E-state index contributed by atoms with van der Waals surface area (Å²) in [4.78, 5) is 11.3. The van der Waals surface area contributed by atoms with Gasteiger partial charge in [0.1, 0.15) is 5.58 Å². The molecule has 4 nitrogen and oxygen atoms in total. The topological polar surface area (TPSA) is 42.8 Å². The number of nitrogens with zero attached hydrogens (tertiary/aromatic N) is 3. The van der Waals surface area contributed by atoms with Crippen LogP contribution < -0.4 is 0 Å². The third kappa shape index (κ3) is 6.60. The lowest BCUT2D eigenvalue weighted by Crippen LogP contribution is -2.17. The van der Waals surface area contributed by atoms with Gasteiger partial charge in [0.05, 0.1) is 28.1 Å². The van der Waals surface area contributed by atoms with Crippen LogP contribution in [0.3, 0.4) is 0 Å². The Bertz CT molecular complexity index is 4000. The van der Waals surface area contributed by atoms with Gasteiger partial charge in [-0.05, 0) is 98.2 Å². The van der Waals surface area contributed by atoms with Crippen LogP contribution in [-0.4, -0.2) is 16.1 Å². The van der Waals surface area contributed by atoms with Crippen molar-refractivity contribution in [2.24, 2.45) is 15.9 Å². The summed E-state index contributed by atoms with van der Waals surface area (Å²) in [7, 11) is 0. The molecule has 10 aromatic carbocycles. The average molecular weight is 858 g/mol. The highest BCUT2D eigenvalue weighted by atomic mass is 16.3. The first kappa shape index (κ1) is 38.8. The van der Waals surface area contributed by atoms with Gasteiger partial charge in [0, 0.05) is 38.6 Å². The van der Waals surface area contributed by atoms with Crippen LogP contribution in [0.5, 0.6) is 0 Å². The van der Waals surface area contributed by atoms with Gasteiger partial charge in [0.25, 0.3) is 0 Å². The third-order valence-electron chi connectivity index (χ3n) is 13.6. The Hall–Kier alpha value is -8.60. The molecule has 0 amide bonds. The number of hydrogen-bond donors (Lipinski definition) is 0. The Morgan fingerprint density at radius 3 is 1.87 bits per heavy atom. The van der Waals surface area contributed by atoms with Gasteiger partial charge >= 0.3 is 0 Å². The Labute approximate surface area is 388 Å². The van der Waals surface area contributed by atoms with E-state index in [-0.39, 0.29) is 5.92 Å². The van der Waals surface area contributed by atoms with E-state index in [2.05, 4.69) is 230 Å². The Morgan fingerprint density at radius 1 is 0.448 bits per heavy atom. The molecule has 1 aliphatic rings. The summed E-state index contributed by atoms with van der Waals surface area (Å²) >= 11 is 0. The minimum atomic E-state index is 0.0958. The van der Waals surface area contributed by atoms with Crippen molar-refractivity contribution >= 4 is 82.5 Å². The molecule has 1 unspecified atom stereocenters. The van der Waals surface area contributed by atoms with Gasteiger partial charge in [-0.2, -0.15) is 0 Å². The van der Waals surface area contributed by atoms with E-state index in [0.717, 1.165) is 78.7 Å². The molecule has 0 N–H and O–H groups in total. The zero-order valence-electron chi connectivity index (χ0n) is 36.9. The lowest BCUT2D eigenvalue weighted by molar-refractivity contribution is 0.666. The van der Waals surface area contributed by atoms with Crippen LogP contribution in [0.2, 0.25) is 0 Å². The number of furan rings is 1. The molecule has 1 aliphatic heterocycles. The van der Waals surface area contributed by atoms with E-state index in [9.17, 15) is 0 Å². The molecule has 12 aromatic rings. The first-order valence-corrected chi connectivity index (χ1v) is 23.1. The predicted octanol–water partition coefficient (Wildman–Crippen LogP) is 16.6. The van der Waals surface area contributed by atoms with Crippen molar-refractivity contribution < 1.29 is 4.42 Å². The molecule has 67 heavy (non-hydrogen) atoms. The quantitative estimate of drug-likeness (QED) is 0.164. The van der Waals surface area contributed by atoms with Gasteiger partial charge in [0.15, 0.2) is 11.4 Å². The molecule has 4 heteroatoms. The molecule has 0 fully saturated rings. The van der Waals surface area contributed by atoms with Gasteiger partial charge in [-0.1, -0.05) is 189 Å². The molecule has 0 radical (unpaired) electrons. The fraction of sp³-hybridized carbons (Fsp3) is 0.0476. The zero-order chi connectivity index (χ0) is 44.4. The fourth-order valence-electron chi connectivity index (χ4n) is 10.3. The standard InChI is InChI=1S/C63H43N3O/c1-40-27-34-54(49-23-14-22-46(37-49)42-17-6-3-7-18-42)64-63(65-61(40)45-30-28-43(29-31-45)41-15-4-2-5-16-41)52-33-36-56(62-60(52)51-25-12-13-26-58(51)67-62)66-55-35-32-44-19-10-11-24-50(44)59(55)53-38-47-20-8-9-21-48(47)39-57(53)66/h2-26,28-40H,27H2,1H3/b54-34+,64-63?,65-61?. The monoisotopic (exact) mass is 857 g/mol. The van der Waals surface area contributed by atoms with Crippen LogP contribution in [0.25, 0.3) is 98.9 Å². The number of hydrogen-bond acceptors (Lipinski definition) is 3. The van der Waals surface area contributed by atoms with Crippen molar-refractivity contribution in [3.05, 3.63) is 241 Å². The first-order chi connectivity index (χ1) is 33.1. The van der Waals surface area contributed by atoms with Crippen molar-refractivity contribution in [3.63, 3.8) is 0 Å².